The van der Waals surface area contributed by atoms with Gasteiger partial charge in [-0.05, 0) is 36.2 Å². The van der Waals surface area contributed by atoms with Gasteiger partial charge in [0.2, 0.25) is 10.0 Å². The SMILES string of the molecule is COc1ccc(CCNS(=O)(=O)c2c(F)cccc2F)cc1OC. The van der Waals surface area contributed by atoms with Gasteiger partial charge in [0.25, 0.3) is 0 Å². The van der Waals surface area contributed by atoms with E-state index in [1.807, 2.05) is 0 Å². The summed E-state index contributed by atoms with van der Waals surface area (Å²) in [4.78, 5) is -0.975. The minimum atomic E-state index is -4.28. The minimum Gasteiger partial charge on any atom is -0.493 e. The molecule has 0 atom stereocenters. The molecule has 0 amide bonds. The molecule has 8 heteroatoms. The zero-order chi connectivity index (χ0) is 17.7. The quantitative estimate of drug-likeness (QED) is 0.827. The van der Waals surface area contributed by atoms with E-state index < -0.39 is 26.6 Å². The highest BCUT2D eigenvalue weighted by molar-refractivity contribution is 7.89. The number of halogens is 2. The summed E-state index contributed by atoms with van der Waals surface area (Å²) in [5.74, 6) is -1.20. The van der Waals surface area contributed by atoms with E-state index in [-0.39, 0.29) is 6.54 Å². The number of methoxy groups -OCH3 is 2. The molecule has 0 saturated carbocycles. The van der Waals surface area contributed by atoms with Crippen molar-refractivity contribution in [3.05, 3.63) is 53.6 Å². The normalized spacial score (nSPS) is 11.3. The van der Waals surface area contributed by atoms with E-state index in [0.29, 0.717) is 17.9 Å². The van der Waals surface area contributed by atoms with Gasteiger partial charge in [0.1, 0.15) is 11.6 Å². The summed E-state index contributed by atoms with van der Waals surface area (Å²) in [6.07, 6.45) is 0.315. The Bertz CT molecular complexity index is 805. The average Bonchev–Trinajstić information content (AvgIpc) is 2.54. The first-order chi connectivity index (χ1) is 11.4. The van der Waals surface area contributed by atoms with Crippen molar-refractivity contribution in [3.63, 3.8) is 0 Å². The fraction of sp³-hybridized carbons (Fsp3) is 0.250. The summed E-state index contributed by atoms with van der Waals surface area (Å²) in [5, 5.41) is 0. The molecule has 0 aliphatic rings. The third-order valence-electron chi connectivity index (χ3n) is 3.34. The molecule has 0 bridgehead atoms. The number of nitrogens with one attached hydrogen (secondary N) is 1. The van der Waals surface area contributed by atoms with Gasteiger partial charge in [-0.1, -0.05) is 12.1 Å². The molecule has 0 aromatic heterocycles. The highest BCUT2D eigenvalue weighted by Gasteiger charge is 2.23. The molecule has 2 rings (SSSR count). The van der Waals surface area contributed by atoms with Crippen LogP contribution in [0.15, 0.2) is 41.3 Å². The monoisotopic (exact) mass is 357 g/mol. The van der Waals surface area contributed by atoms with E-state index in [1.54, 1.807) is 18.2 Å². The van der Waals surface area contributed by atoms with Crippen LogP contribution in [0.5, 0.6) is 11.5 Å². The Kier molecular flexibility index (Phi) is 5.74. The largest absolute Gasteiger partial charge is 0.493 e. The number of benzene rings is 2. The van der Waals surface area contributed by atoms with Gasteiger partial charge in [-0.3, -0.25) is 0 Å². The molecular weight excluding hydrogens is 340 g/mol. The van der Waals surface area contributed by atoms with Crippen LogP contribution in [-0.2, 0) is 16.4 Å². The molecule has 130 valence electrons. The highest BCUT2D eigenvalue weighted by atomic mass is 32.2. The first kappa shape index (κ1) is 18.2. The van der Waals surface area contributed by atoms with Crippen molar-refractivity contribution in [1.82, 2.24) is 4.72 Å². The number of hydrogen-bond acceptors (Lipinski definition) is 4. The maximum Gasteiger partial charge on any atom is 0.246 e. The third kappa shape index (κ3) is 4.01. The molecule has 0 fully saturated rings. The predicted octanol–water partition coefficient (Wildman–Crippen LogP) is 2.50. The Hall–Kier alpha value is -2.19. The summed E-state index contributed by atoms with van der Waals surface area (Å²) in [5.41, 5.74) is 0.782. The summed E-state index contributed by atoms with van der Waals surface area (Å²) >= 11 is 0. The van der Waals surface area contributed by atoms with Gasteiger partial charge in [0.05, 0.1) is 14.2 Å². The number of ether oxygens (including phenoxy) is 2. The van der Waals surface area contributed by atoms with E-state index >= 15 is 0 Å². The Balaban J connectivity index is 2.09. The first-order valence-corrected chi connectivity index (χ1v) is 8.52. The lowest BCUT2D eigenvalue weighted by Gasteiger charge is -2.11. The Morgan fingerprint density at radius 3 is 2.21 bits per heavy atom. The maximum absolute atomic E-state index is 13.6. The van der Waals surface area contributed by atoms with Crippen molar-refractivity contribution in [2.45, 2.75) is 11.3 Å². The predicted molar refractivity (Wildman–Crippen MR) is 84.8 cm³/mol. The fourth-order valence-electron chi connectivity index (χ4n) is 2.18. The van der Waals surface area contributed by atoms with Crippen LogP contribution in [0.2, 0.25) is 0 Å². The van der Waals surface area contributed by atoms with Crippen molar-refractivity contribution < 1.29 is 26.7 Å². The second kappa shape index (κ2) is 7.59. The van der Waals surface area contributed by atoms with Crippen molar-refractivity contribution in [3.8, 4) is 11.5 Å². The topological polar surface area (TPSA) is 64.6 Å². The van der Waals surface area contributed by atoms with Gasteiger partial charge >= 0.3 is 0 Å². The Labute approximate surface area is 139 Å². The second-order valence-corrected chi connectivity index (χ2v) is 6.59. The molecule has 2 aromatic rings. The van der Waals surface area contributed by atoms with Crippen molar-refractivity contribution >= 4 is 10.0 Å². The van der Waals surface area contributed by atoms with Gasteiger partial charge in [-0.25, -0.2) is 21.9 Å². The average molecular weight is 357 g/mol. The van der Waals surface area contributed by atoms with Crippen LogP contribution in [0.3, 0.4) is 0 Å². The molecule has 0 unspecified atom stereocenters. The van der Waals surface area contributed by atoms with Crippen LogP contribution < -0.4 is 14.2 Å². The Morgan fingerprint density at radius 1 is 1.00 bits per heavy atom. The first-order valence-electron chi connectivity index (χ1n) is 7.03. The van der Waals surface area contributed by atoms with Gasteiger partial charge in [-0.2, -0.15) is 0 Å². The van der Waals surface area contributed by atoms with E-state index in [9.17, 15) is 17.2 Å². The summed E-state index contributed by atoms with van der Waals surface area (Å²) in [6, 6.07) is 8.04. The zero-order valence-electron chi connectivity index (χ0n) is 13.2. The van der Waals surface area contributed by atoms with Crippen LogP contribution in [0.4, 0.5) is 8.78 Å². The fourth-order valence-corrected chi connectivity index (χ4v) is 3.34. The van der Waals surface area contributed by atoms with Gasteiger partial charge in [-0.15, -0.1) is 0 Å². The number of hydrogen-bond donors (Lipinski definition) is 1. The van der Waals surface area contributed by atoms with Gasteiger partial charge in [0, 0.05) is 6.54 Å². The molecule has 0 aliphatic carbocycles. The lowest BCUT2D eigenvalue weighted by molar-refractivity contribution is 0.354. The van der Waals surface area contributed by atoms with Crippen molar-refractivity contribution in [2.24, 2.45) is 0 Å². The lowest BCUT2D eigenvalue weighted by Crippen LogP contribution is -2.27. The van der Waals surface area contributed by atoms with E-state index in [4.69, 9.17) is 9.47 Å². The van der Waals surface area contributed by atoms with Crippen molar-refractivity contribution in [1.29, 1.82) is 0 Å². The summed E-state index contributed by atoms with van der Waals surface area (Å²) in [6.45, 7) is -0.0222. The van der Waals surface area contributed by atoms with Crippen molar-refractivity contribution in [2.75, 3.05) is 20.8 Å². The van der Waals surface area contributed by atoms with E-state index in [1.165, 1.54) is 14.2 Å². The Morgan fingerprint density at radius 2 is 1.62 bits per heavy atom. The maximum atomic E-state index is 13.6. The third-order valence-corrected chi connectivity index (χ3v) is 4.85. The number of rotatable bonds is 7. The molecule has 0 spiro atoms. The van der Waals surface area contributed by atoms with E-state index in [0.717, 1.165) is 23.8 Å². The van der Waals surface area contributed by atoms with Crippen LogP contribution in [0.25, 0.3) is 0 Å². The molecule has 2 aromatic carbocycles. The highest BCUT2D eigenvalue weighted by Crippen LogP contribution is 2.27. The molecule has 1 N–H and O–H groups in total. The summed E-state index contributed by atoms with van der Waals surface area (Å²) in [7, 11) is -1.28. The molecule has 0 radical (unpaired) electrons. The molecule has 0 aliphatic heterocycles. The van der Waals surface area contributed by atoms with Gasteiger partial charge in [0.15, 0.2) is 16.4 Å². The lowest BCUT2D eigenvalue weighted by atomic mass is 10.1. The molecule has 0 saturated heterocycles. The number of sulfonamides is 1. The smallest absolute Gasteiger partial charge is 0.246 e. The molecule has 24 heavy (non-hydrogen) atoms. The van der Waals surface area contributed by atoms with Crippen LogP contribution in [0, 0.1) is 11.6 Å². The summed E-state index contributed by atoms with van der Waals surface area (Å²) < 4.78 is 63.7. The minimum absolute atomic E-state index is 0.0222. The molecule has 5 nitrogen and oxygen atoms in total. The van der Waals surface area contributed by atoms with Crippen LogP contribution in [-0.4, -0.2) is 29.2 Å². The van der Waals surface area contributed by atoms with Crippen LogP contribution >= 0.6 is 0 Å². The standard InChI is InChI=1S/C16H17F2NO4S/c1-22-14-7-6-11(10-15(14)23-2)8-9-19-24(20,21)16-12(17)4-3-5-13(16)18/h3-7,10,19H,8-9H2,1-2H3. The van der Waals surface area contributed by atoms with E-state index in [2.05, 4.69) is 4.72 Å². The second-order valence-electron chi connectivity index (χ2n) is 4.89. The molecule has 0 heterocycles. The van der Waals surface area contributed by atoms with Gasteiger partial charge < -0.3 is 9.47 Å². The van der Waals surface area contributed by atoms with Crippen LogP contribution in [0.1, 0.15) is 5.56 Å². The zero-order valence-corrected chi connectivity index (χ0v) is 14.0. The molecular formula is C16H17F2NO4S.